The van der Waals surface area contributed by atoms with Gasteiger partial charge in [-0.2, -0.15) is 0 Å². The summed E-state index contributed by atoms with van der Waals surface area (Å²) in [5.74, 6) is -0.548. The number of ether oxygens (including phenoxy) is 1. The van der Waals surface area contributed by atoms with Gasteiger partial charge in [0.15, 0.2) is 0 Å². The fourth-order valence-electron chi connectivity index (χ4n) is 2.63. The standard InChI is InChI=1S/C18H20N2O6S/c1-5-26-18(21)15-7-6-8-16(13(15)3)19(4)27(24,25)14-10-9-12(2)17(11-14)20(22)23/h6-11H,5H2,1-4H3. The Balaban J connectivity index is 2.53. The van der Waals surface area contributed by atoms with Crippen molar-refractivity contribution in [3.05, 3.63) is 63.2 Å². The lowest BCUT2D eigenvalue weighted by atomic mass is 10.1. The summed E-state index contributed by atoms with van der Waals surface area (Å²) in [6, 6.07) is 8.40. The van der Waals surface area contributed by atoms with Crippen LogP contribution >= 0.6 is 0 Å². The third kappa shape index (κ3) is 3.92. The van der Waals surface area contributed by atoms with Crippen LogP contribution in [0.4, 0.5) is 11.4 Å². The predicted octanol–water partition coefficient (Wildman–Crippen LogP) is 3.21. The second kappa shape index (κ2) is 7.75. The fourth-order valence-corrected chi connectivity index (χ4v) is 3.90. The molecule has 0 N–H and O–H groups in total. The Labute approximate surface area is 157 Å². The molecule has 0 heterocycles. The van der Waals surface area contributed by atoms with Crippen molar-refractivity contribution in [2.75, 3.05) is 18.0 Å². The maximum Gasteiger partial charge on any atom is 0.338 e. The van der Waals surface area contributed by atoms with Crippen molar-refractivity contribution in [2.45, 2.75) is 25.7 Å². The number of nitro benzene ring substituents is 1. The van der Waals surface area contributed by atoms with E-state index in [1.54, 1.807) is 32.0 Å². The average molecular weight is 392 g/mol. The monoisotopic (exact) mass is 392 g/mol. The SMILES string of the molecule is CCOC(=O)c1cccc(N(C)S(=O)(=O)c2ccc(C)c([N+](=O)[O-])c2)c1C. The molecule has 0 atom stereocenters. The fraction of sp³-hybridized carbons (Fsp3) is 0.278. The first-order chi connectivity index (χ1) is 12.6. The molecule has 0 saturated heterocycles. The molecule has 0 saturated carbocycles. The Morgan fingerprint density at radius 3 is 2.48 bits per heavy atom. The largest absolute Gasteiger partial charge is 0.462 e. The van der Waals surface area contributed by atoms with E-state index in [1.807, 2.05) is 0 Å². The van der Waals surface area contributed by atoms with E-state index < -0.39 is 20.9 Å². The molecule has 144 valence electrons. The number of rotatable bonds is 6. The molecular weight excluding hydrogens is 372 g/mol. The molecule has 0 aliphatic heterocycles. The van der Waals surface area contributed by atoms with Crippen LogP contribution in [0, 0.1) is 24.0 Å². The van der Waals surface area contributed by atoms with Crippen LogP contribution < -0.4 is 4.31 Å². The van der Waals surface area contributed by atoms with Gasteiger partial charge in [0.05, 0.1) is 27.7 Å². The highest BCUT2D eigenvalue weighted by molar-refractivity contribution is 7.92. The van der Waals surface area contributed by atoms with Gasteiger partial charge >= 0.3 is 5.97 Å². The van der Waals surface area contributed by atoms with E-state index in [2.05, 4.69) is 0 Å². The maximum atomic E-state index is 13.0. The van der Waals surface area contributed by atoms with Crippen LogP contribution in [0.5, 0.6) is 0 Å². The molecule has 2 rings (SSSR count). The van der Waals surface area contributed by atoms with Crippen LogP contribution in [0.15, 0.2) is 41.3 Å². The molecular formula is C18H20N2O6S. The summed E-state index contributed by atoms with van der Waals surface area (Å²) in [6.07, 6.45) is 0. The first-order valence-electron chi connectivity index (χ1n) is 8.12. The second-order valence-corrected chi connectivity index (χ2v) is 7.82. The molecule has 0 amide bonds. The Kier molecular flexibility index (Phi) is 5.85. The summed E-state index contributed by atoms with van der Waals surface area (Å²) < 4.78 is 31.9. The zero-order valence-electron chi connectivity index (χ0n) is 15.4. The third-order valence-corrected chi connectivity index (χ3v) is 5.94. The highest BCUT2D eigenvalue weighted by Crippen LogP contribution is 2.30. The molecule has 2 aromatic rings. The van der Waals surface area contributed by atoms with Crippen molar-refractivity contribution in [1.82, 2.24) is 0 Å². The molecule has 27 heavy (non-hydrogen) atoms. The van der Waals surface area contributed by atoms with Crippen molar-refractivity contribution in [1.29, 1.82) is 0 Å². The molecule has 0 unspecified atom stereocenters. The molecule has 0 bridgehead atoms. The number of nitro groups is 1. The van der Waals surface area contributed by atoms with Gasteiger partial charge < -0.3 is 4.74 Å². The quantitative estimate of drug-likeness (QED) is 0.424. The molecule has 2 aromatic carbocycles. The smallest absolute Gasteiger partial charge is 0.338 e. The number of carbonyl (C=O) groups is 1. The number of hydrogen-bond donors (Lipinski definition) is 0. The molecule has 0 aliphatic rings. The zero-order chi connectivity index (χ0) is 20.4. The highest BCUT2D eigenvalue weighted by atomic mass is 32.2. The minimum absolute atomic E-state index is 0.198. The minimum Gasteiger partial charge on any atom is -0.462 e. The van der Waals surface area contributed by atoms with E-state index in [0.717, 1.165) is 10.4 Å². The highest BCUT2D eigenvalue weighted by Gasteiger charge is 2.26. The second-order valence-electron chi connectivity index (χ2n) is 5.85. The predicted molar refractivity (Wildman–Crippen MR) is 101 cm³/mol. The van der Waals surface area contributed by atoms with Crippen molar-refractivity contribution >= 4 is 27.4 Å². The summed E-state index contributed by atoms with van der Waals surface area (Å²) in [7, 11) is -2.73. The minimum atomic E-state index is -4.07. The van der Waals surface area contributed by atoms with Crippen molar-refractivity contribution in [3.63, 3.8) is 0 Å². The summed E-state index contributed by atoms with van der Waals surface area (Å²) in [5.41, 5.74) is 1.06. The van der Waals surface area contributed by atoms with Gasteiger partial charge in [-0.25, -0.2) is 13.2 Å². The van der Waals surface area contributed by atoms with Crippen molar-refractivity contribution < 1.29 is 22.9 Å². The van der Waals surface area contributed by atoms with Gasteiger partial charge in [0.25, 0.3) is 15.7 Å². The normalized spacial score (nSPS) is 11.1. The van der Waals surface area contributed by atoms with Crippen LogP contribution in [-0.4, -0.2) is 33.0 Å². The van der Waals surface area contributed by atoms with Gasteiger partial charge in [-0.05, 0) is 44.5 Å². The molecule has 0 fully saturated rings. The van der Waals surface area contributed by atoms with Gasteiger partial charge in [-0.3, -0.25) is 14.4 Å². The van der Waals surface area contributed by atoms with E-state index in [-0.39, 0.29) is 28.4 Å². The summed E-state index contributed by atoms with van der Waals surface area (Å²) >= 11 is 0. The van der Waals surface area contributed by atoms with Gasteiger partial charge in [0.1, 0.15) is 0 Å². The van der Waals surface area contributed by atoms with Gasteiger partial charge in [-0.15, -0.1) is 0 Å². The lowest BCUT2D eigenvalue weighted by Gasteiger charge is -2.22. The van der Waals surface area contributed by atoms with Crippen LogP contribution in [0.2, 0.25) is 0 Å². The number of aryl methyl sites for hydroxylation is 1. The third-order valence-electron chi connectivity index (χ3n) is 4.18. The lowest BCUT2D eigenvalue weighted by Crippen LogP contribution is -2.28. The number of nitrogens with zero attached hydrogens (tertiary/aromatic N) is 2. The summed E-state index contributed by atoms with van der Waals surface area (Å²) in [4.78, 5) is 22.3. The molecule has 0 radical (unpaired) electrons. The van der Waals surface area contributed by atoms with Crippen LogP contribution in [0.1, 0.15) is 28.4 Å². The molecule has 0 aromatic heterocycles. The number of benzene rings is 2. The first kappa shape index (κ1) is 20.4. The number of anilines is 1. The number of sulfonamides is 1. The summed E-state index contributed by atoms with van der Waals surface area (Å²) in [6.45, 7) is 5.03. The van der Waals surface area contributed by atoms with E-state index in [0.29, 0.717) is 11.1 Å². The van der Waals surface area contributed by atoms with E-state index in [9.17, 15) is 23.3 Å². The van der Waals surface area contributed by atoms with Gasteiger partial charge in [-0.1, -0.05) is 12.1 Å². The van der Waals surface area contributed by atoms with Crippen LogP contribution in [0.25, 0.3) is 0 Å². The van der Waals surface area contributed by atoms with Gasteiger partial charge in [0.2, 0.25) is 0 Å². The number of hydrogen-bond acceptors (Lipinski definition) is 6. The Bertz CT molecular complexity index is 1000. The zero-order valence-corrected chi connectivity index (χ0v) is 16.2. The molecule has 9 heteroatoms. The topological polar surface area (TPSA) is 107 Å². The van der Waals surface area contributed by atoms with Crippen LogP contribution in [0.3, 0.4) is 0 Å². The van der Waals surface area contributed by atoms with Gasteiger partial charge in [0, 0.05) is 18.7 Å². The maximum absolute atomic E-state index is 13.0. The first-order valence-corrected chi connectivity index (χ1v) is 9.56. The van der Waals surface area contributed by atoms with E-state index >= 15 is 0 Å². The van der Waals surface area contributed by atoms with E-state index in [4.69, 9.17) is 4.74 Å². The van der Waals surface area contributed by atoms with Crippen LogP contribution in [-0.2, 0) is 14.8 Å². The molecule has 0 spiro atoms. The van der Waals surface area contributed by atoms with E-state index in [1.165, 1.54) is 26.1 Å². The van der Waals surface area contributed by atoms with Crippen molar-refractivity contribution in [3.8, 4) is 0 Å². The Morgan fingerprint density at radius 1 is 1.22 bits per heavy atom. The molecule has 0 aliphatic carbocycles. The Morgan fingerprint density at radius 2 is 1.89 bits per heavy atom. The molecule has 8 nitrogen and oxygen atoms in total. The average Bonchev–Trinajstić information content (AvgIpc) is 2.61. The van der Waals surface area contributed by atoms with Crippen molar-refractivity contribution in [2.24, 2.45) is 0 Å². The summed E-state index contributed by atoms with van der Waals surface area (Å²) in [5, 5.41) is 11.1. The number of carbonyl (C=O) groups excluding carboxylic acids is 1. The Hall–Kier alpha value is -2.94. The lowest BCUT2D eigenvalue weighted by molar-refractivity contribution is -0.385. The number of esters is 1.